The molecule has 8 heteroatoms. The third-order valence-electron chi connectivity index (χ3n) is 5.24. The molecule has 3 amide bonds. The van der Waals surface area contributed by atoms with E-state index in [1.807, 2.05) is 0 Å². The number of esters is 1. The van der Waals surface area contributed by atoms with Crippen molar-refractivity contribution in [2.75, 3.05) is 13.2 Å². The van der Waals surface area contributed by atoms with Gasteiger partial charge < -0.3 is 10.1 Å². The van der Waals surface area contributed by atoms with Gasteiger partial charge in [0.2, 0.25) is 11.8 Å². The minimum Gasteiger partial charge on any atom is -0.456 e. The van der Waals surface area contributed by atoms with Crippen LogP contribution in [0.4, 0.5) is 0 Å². The van der Waals surface area contributed by atoms with Crippen LogP contribution in [0, 0.1) is 11.8 Å². The van der Waals surface area contributed by atoms with Crippen LogP contribution in [0.15, 0.2) is 24.3 Å². The third kappa shape index (κ3) is 4.90. The van der Waals surface area contributed by atoms with Crippen LogP contribution in [0.2, 0.25) is 5.02 Å². The van der Waals surface area contributed by atoms with Gasteiger partial charge in [-0.05, 0) is 30.5 Å². The van der Waals surface area contributed by atoms with Crippen molar-refractivity contribution < 1.29 is 23.9 Å². The van der Waals surface area contributed by atoms with E-state index in [-0.39, 0.29) is 36.6 Å². The zero-order chi connectivity index (χ0) is 20.1. The number of fused-ring (bicyclic) bond motifs is 1. The molecule has 1 aliphatic heterocycles. The summed E-state index contributed by atoms with van der Waals surface area (Å²) in [7, 11) is 0. The van der Waals surface area contributed by atoms with Crippen molar-refractivity contribution in [3.8, 4) is 0 Å². The lowest BCUT2D eigenvalue weighted by Crippen LogP contribution is -2.34. The summed E-state index contributed by atoms with van der Waals surface area (Å²) in [6.45, 7) is -0.0947. The van der Waals surface area contributed by atoms with Crippen molar-refractivity contribution in [2.45, 2.75) is 38.6 Å². The summed E-state index contributed by atoms with van der Waals surface area (Å²) in [6, 6.07) is 7.02. The van der Waals surface area contributed by atoms with Gasteiger partial charge in [0.05, 0.1) is 18.3 Å². The second-order valence-electron chi connectivity index (χ2n) is 7.14. The highest BCUT2D eigenvalue weighted by atomic mass is 35.5. The molecule has 0 spiro atoms. The summed E-state index contributed by atoms with van der Waals surface area (Å²) in [5.74, 6) is -1.85. The Morgan fingerprint density at radius 2 is 1.68 bits per heavy atom. The monoisotopic (exact) mass is 406 g/mol. The number of carbonyl (C=O) groups excluding carboxylic acids is 4. The molecular formula is C20H23ClN2O5. The van der Waals surface area contributed by atoms with Crippen LogP contribution in [-0.4, -0.2) is 41.7 Å². The Bertz CT molecular complexity index is 740. The Morgan fingerprint density at radius 1 is 1.07 bits per heavy atom. The molecule has 1 aromatic rings. The van der Waals surface area contributed by atoms with Crippen LogP contribution in [0.25, 0.3) is 0 Å². The summed E-state index contributed by atoms with van der Waals surface area (Å²) in [6.07, 6.45) is 3.29. The molecule has 1 aliphatic carbocycles. The van der Waals surface area contributed by atoms with Gasteiger partial charge in [-0.1, -0.05) is 36.6 Å². The third-order valence-corrected chi connectivity index (χ3v) is 5.49. The number of benzene rings is 1. The maximum absolute atomic E-state index is 12.4. The quantitative estimate of drug-likeness (QED) is 0.552. The van der Waals surface area contributed by atoms with E-state index in [9.17, 15) is 19.2 Å². The van der Waals surface area contributed by atoms with Crippen LogP contribution in [-0.2, 0) is 30.5 Å². The maximum atomic E-state index is 12.4. The molecule has 1 saturated carbocycles. The Morgan fingerprint density at radius 3 is 2.29 bits per heavy atom. The Labute approximate surface area is 168 Å². The van der Waals surface area contributed by atoms with Gasteiger partial charge >= 0.3 is 5.97 Å². The first-order valence-electron chi connectivity index (χ1n) is 9.47. The lowest BCUT2D eigenvalue weighted by molar-refractivity contribution is -0.150. The van der Waals surface area contributed by atoms with Crippen LogP contribution in [0.5, 0.6) is 0 Å². The highest BCUT2D eigenvalue weighted by Crippen LogP contribution is 2.37. The minimum atomic E-state index is -0.614. The first-order valence-corrected chi connectivity index (χ1v) is 9.85. The Hall–Kier alpha value is -2.41. The molecule has 3 rings (SSSR count). The summed E-state index contributed by atoms with van der Waals surface area (Å²) < 4.78 is 4.94. The zero-order valence-corrected chi connectivity index (χ0v) is 16.2. The van der Waals surface area contributed by atoms with E-state index in [1.54, 1.807) is 24.3 Å². The largest absolute Gasteiger partial charge is 0.456 e. The van der Waals surface area contributed by atoms with Crippen molar-refractivity contribution >= 4 is 35.3 Å². The number of nitrogens with one attached hydrogen (secondary N) is 1. The van der Waals surface area contributed by atoms with Crippen LogP contribution in [0.3, 0.4) is 0 Å². The van der Waals surface area contributed by atoms with Gasteiger partial charge in [0.25, 0.3) is 5.91 Å². The van der Waals surface area contributed by atoms with E-state index >= 15 is 0 Å². The van der Waals surface area contributed by atoms with Crippen LogP contribution >= 0.6 is 11.6 Å². The van der Waals surface area contributed by atoms with Crippen LogP contribution < -0.4 is 5.32 Å². The van der Waals surface area contributed by atoms with E-state index in [2.05, 4.69) is 5.32 Å². The van der Waals surface area contributed by atoms with Gasteiger partial charge in [-0.3, -0.25) is 24.1 Å². The molecule has 0 unspecified atom stereocenters. The van der Waals surface area contributed by atoms with Crippen molar-refractivity contribution in [3.63, 3.8) is 0 Å². The van der Waals surface area contributed by atoms with Gasteiger partial charge in [-0.25, -0.2) is 0 Å². The molecule has 2 aliphatic rings. The molecule has 150 valence electrons. The number of imide groups is 1. The number of rotatable bonds is 7. The fourth-order valence-electron chi connectivity index (χ4n) is 3.73. The summed E-state index contributed by atoms with van der Waals surface area (Å²) in [5, 5.41) is 3.25. The molecule has 0 bridgehead atoms. The second-order valence-corrected chi connectivity index (χ2v) is 7.58. The lowest BCUT2D eigenvalue weighted by atomic mass is 9.81. The predicted molar refractivity (Wildman–Crippen MR) is 101 cm³/mol. The van der Waals surface area contributed by atoms with E-state index in [0.29, 0.717) is 11.6 Å². The number of halogens is 1. The summed E-state index contributed by atoms with van der Waals surface area (Å²) in [5.41, 5.74) is 0.872. The molecule has 1 heterocycles. The van der Waals surface area contributed by atoms with E-state index in [0.717, 1.165) is 31.2 Å². The fraction of sp³-hybridized carbons (Fsp3) is 0.500. The van der Waals surface area contributed by atoms with E-state index in [1.165, 1.54) is 4.90 Å². The fourth-order valence-corrected chi connectivity index (χ4v) is 3.85. The SMILES string of the molecule is O=C(COC(=O)CCN1C(=O)[C@@H]2CCCC[C@H]2C1=O)NCc1ccc(Cl)cc1. The molecule has 1 N–H and O–H groups in total. The first kappa shape index (κ1) is 20.3. The molecule has 0 aromatic heterocycles. The first-order chi connectivity index (χ1) is 13.5. The average Bonchev–Trinajstić information content (AvgIpc) is 2.95. The van der Waals surface area contributed by atoms with Gasteiger partial charge in [0, 0.05) is 18.1 Å². The zero-order valence-electron chi connectivity index (χ0n) is 15.5. The van der Waals surface area contributed by atoms with Crippen molar-refractivity contribution in [3.05, 3.63) is 34.9 Å². The molecule has 0 radical (unpaired) electrons. The average molecular weight is 407 g/mol. The van der Waals surface area contributed by atoms with E-state index < -0.39 is 18.5 Å². The van der Waals surface area contributed by atoms with Crippen LogP contribution in [0.1, 0.15) is 37.7 Å². The molecule has 28 heavy (non-hydrogen) atoms. The summed E-state index contributed by atoms with van der Waals surface area (Å²) >= 11 is 5.80. The number of ether oxygens (including phenoxy) is 1. The molecule has 1 saturated heterocycles. The van der Waals surface area contributed by atoms with Crippen molar-refractivity contribution in [1.29, 1.82) is 0 Å². The number of nitrogens with zero attached hydrogens (tertiary/aromatic N) is 1. The summed E-state index contributed by atoms with van der Waals surface area (Å²) in [4.78, 5) is 49.6. The Kier molecular flexibility index (Phi) is 6.67. The van der Waals surface area contributed by atoms with E-state index in [4.69, 9.17) is 16.3 Å². The molecule has 2 atom stereocenters. The number of carbonyl (C=O) groups is 4. The Balaban J connectivity index is 1.37. The number of amides is 3. The predicted octanol–water partition coefficient (Wildman–Crippen LogP) is 2.06. The van der Waals surface area contributed by atoms with Gasteiger partial charge in [0.1, 0.15) is 0 Å². The normalized spacial score (nSPS) is 21.4. The molecule has 1 aromatic carbocycles. The number of likely N-dealkylation sites (tertiary alicyclic amines) is 1. The lowest BCUT2D eigenvalue weighted by Gasteiger charge is -2.19. The molecule has 7 nitrogen and oxygen atoms in total. The highest BCUT2D eigenvalue weighted by Gasteiger charge is 2.47. The standard InChI is InChI=1S/C20H23ClN2O5/c21-14-7-5-13(6-8-14)11-22-17(24)12-28-18(25)9-10-23-19(26)15-3-1-2-4-16(15)20(23)27/h5-8,15-16H,1-4,9-12H2,(H,22,24)/t15-,16-/m1/s1. The maximum Gasteiger partial charge on any atom is 0.308 e. The topological polar surface area (TPSA) is 92.8 Å². The molecule has 2 fully saturated rings. The van der Waals surface area contributed by atoms with Crippen molar-refractivity contribution in [1.82, 2.24) is 10.2 Å². The second kappa shape index (κ2) is 9.19. The van der Waals surface area contributed by atoms with Gasteiger partial charge in [-0.15, -0.1) is 0 Å². The van der Waals surface area contributed by atoms with Gasteiger partial charge in [-0.2, -0.15) is 0 Å². The number of hydrogen-bond donors (Lipinski definition) is 1. The van der Waals surface area contributed by atoms with Gasteiger partial charge in [0.15, 0.2) is 6.61 Å². The molecular weight excluding hydrogens is 384 g/mol. The van der Waals surface area contributed by atoms with Crippen molar-refractivity contribution in [2.24, 2.45) is 11.8 Å². The minimum absolute atomic E-state index is 0.00982. The highest BCUT2D eigenvalue weighted by molar-refractivity contribution is 6.30. The number of hydrogen-bond acceptors (Lipinski definition) is 5. The smallest absolute Gasteiger partial charge is 0.308 e.